The fourth-order valence-electron chi connectivity index (χ4n) is 1.35. The molecule has 0 spiro atoms. The van der Waals surface area contributed by atoms with E-state index in [1.165, 1.54) is 14.0 Å². The minimum atomic E-state index is -0.130. The first kappa shape index (κ1) is 10.4. The van der Waals surface area contributed by atoms with Crippen LogP contribution in [0.5, 0.6) is 5.75 Å². The average Bonchev–Trinajstić information content (AvgIpc) is 2.16. The number of ketones is 1. The molecular weight excluding hydrogens is 180 g/mol. The van der Waals surface area contributed by atoms with Gasteiger partial charge in [-0.3, -0.25) is 9.59 Å². The van der Waals surface area contributed by atoms with E-state index in [1.807, 2.05) is 6.92 Å². The quantitative estimate of drug-likeness (QED) is 0.543. The van der Waals surface area contributed by atoms with E-state index in [9.17, 15) is 9.59 Å². The summed E-state index contributed by atoms with van der Waals surface area (Å²) in [5, 5.41) is 0. The van der Waals surface area contributed by atoms with E-state index in [1.54, 1.807) is 12.1 Å². The number of methoxy groups -OCH3 is 1. The van der Waals surface area contributed by atoms with Crippen molar-refractivity contribution in [2.45, 2.75) is 13.8 Å². The Labute approximate surface area is 82.7 Å². The summed E-state index contributed by atoms with van der Waals surface area (Å²) in [6.07, 6.45) is 0.648. The van der Waals surface area contributed by atoms with Crippen molar-refractivity contribution in [2.75, 3.05) is 7.11 Å². The molecule has 14 heavy (non-hydrogen) atoms. The van der Waals surface area contributed by atoms with E-state index in [0.717, 1.165) is 5.56 Å². The monoisotopic (exact) mass is 192 g/mol. The third kappa shape index (κ3) is 1.82. The molecule has 0 aliphatic rings. The number of hydrogen-bond acceptors (Lipinski definition) is 3. The summed E-state index contributed by atoms with van der Waals surface area (Å²) in [6, 6.07) is 3.42. The van der Waals surface area contributed by atoms with Gasteiger partial charge in [0, 0.05) is 5.56 Å². The molecule has 0 unspecified atom stereocenters. The molecule has 0 bridgehead atoms. The third-order valence-electron chi connectivity index (χ3n) is 2.00. The zero-order valence-electron chi connectivity index (χ0n) is 8.46. The van der Waals surface area contributed by atoms with Gasteiger partial charge in [-0.05, 0) is 31.5 Å². The molecule has 0 fully saturated rings. The number of ether oxygens (including phenoxy) is 1. The molecule has 0 saturated carbocycles. The van der Waals surface area contributed by atoms with Crippen molar-refractivity contribution >= 4 is 12.1 Å². The van der Waals surface area contributed by atoms with Crippen molar-refractivity contribution in [3.63, 3.8) is 0 Å². The summed E-state index contributed by atoms with van der Waals surface area (Å²) in [4.78, 5) is 22.0. The van der Waals surface area contributed by atoms with E-state index in [0.29, 0.717) is 23.2 Å². The lowest BCUT2D eigenvalue weighted by Crippen LogP contribution is -2.02. The van der Waals surface area contributed by atoms with Crippen LogP contribution in [0.15, 0.2) is 12.1 Å². The lowest BCUT2D eigenvalue weighted by molar-refractivity contribution is 0.100. The van der Waals surface area contributed by atoms with Crippen LogP contribution in [0.2, 0.25) is 0 Å². The highest BCUT2D eigenvalue weighted by Crippen LogP contribution is 2.23. The summed E-state index contributed by atoms with van der Waals surface area (Å²) >= 11 is 0. The van der Waals surface area contributed by atoms with Crippen molar-refractivity contribution in [3.05, 3.63) is 28.8 Å². The zero-order chi connectivity index (χ0) is 10.7. The first-order valence-corrected chi connectivity index (χ1v) is 4.25. The van der Waals surface area contributed by atoms with Crippen LogP contribution in [-0.4, -0.2) is 19.2 Å². The maximum atomic E-state index is 11.2. The Balaban J connectivity index is 3.46. The highest BCUT2D eigenvalue weighted by molar-refractivity contribution is 6.03. The molecule has 0 aliphatic heterocycles. The van der Waals surface area contributed by atoms with E-state index < -0.39 is 0 Å². The van der Waals surface area contributed by atoms with Gasteiger partial charge in [-0.2, -0.15) is 0 Å². The zero-order valence-corrected chi connectivity index (χ0v) is 8.46. The lowest BCUT2D eigenvalue weighted by atomic mass is 10.0. The van der Waals surface area contributed by atoms with Crippen LogP contribution in [0.4, 0.5) is 0 Å². The molecule has 1 rings (SSSR count). The second-order valence-electron chi connectivity index (χ2n) is 3.10. The fourth-order valence-corrected chi connectivity index (χ4v) is 1.35. The topological polar surface area (TPSA) is 43.4 Å². The SMILES string of the molecule is COc1cc(C)cc(C(C)=O)c1C=O. The molecule has 0 aliphatic carbocycles. The summed E-state index contributed by atoms with van der Waals surface area (Å²) in [5.74, 6) is 0.319. The fraction of sp³-hybridized carbons (Fsp3) is 0.273. The predicted octanol–water partition coefficient (Wildman–Crippen LogP) is 2.02. The number of Topliss-reactive ketones (excluding diaryl/α,β-unsaturated/α-hetero) is 1. The Kier molecular flexibility index (Phi) is 3.02. The van der Waals surface area contributed by atoms with E-state index >= 15 is 0 Å². The van der Waals surface area contributed by atoms with Crippen molar-refractivity contribution in [1.29, 1.82) is 0 Å². The summed E-state index contributed by atoms with van der Waals surface area (Å²) in [5.41, 5.74) is 1.64. The van der Waals surface area contributed by atoms with Crippen LogP contribution in [0, 0.1) is 6.92 Å². The van der Waals surface area contributed by atoms with Crippen LogP contribution >= 0.6 is 0 Å². The highest BCUT2D eigenvalue weighted by Gasteiger charge is 2.12. The van der Waals surface area contributed by atoms with Crippen LogP contribution in [0.3, 0.4) is 0 Å². The third-order valence-corrected chi connectivity index (χ3v) is 2.00. The van der Waals surface area contributed by atoms with Gasteiger partial charge in [0.15, 0.2) is 12.1 Å². The molecule has 0 aromatic heterocycles. The van der Waals surface area contributed by atoms with Crippen LogP contribution in [0.25, 0.3) is 0 Å². The lowest BCUT2D eigenvalue weighted by Gasteiger charge is -2.08. The van der Waals surface area contributed by atoms with Crippen LogP contribution < -0.4 is 4.74 Å². The first-order chi connectivity index (χ1) is 6.60. The number of carbonyl (C=O) groups is 2. The van der Waals surface area contributed by atoms with Crippen molar-refractivity contribution in [1.82, 2.24) is 0 Å². The molecule has 74 valence electrons. The van der Waals surface area contributed by atoms with Crippen molar-refractivity contribution in [3.8, 4) is 5.75 Å². The van der Waals surface area contributed by atoms with Crippen molar-refractivity contribution in [2.24, 2.45) is 0 Å². The van der Waals surface area contributed by atoms with E-state index in [4.69, 9.17) is 4.74 Å². The Bertz CT molecular complexity index is 380. The number of benzene rings is 1. The minimum Gasteiger partial charge on any atom is -0.496 e. The van der Waals surface area contributed by atoms with Gasteiger partial charge < -0.3 is 4.74 Å². The normalized spacial score (nSPS) is 9.64. The van der Waals surface area contributed by atoms with Gasteiger partial charge in [-0.15, -0.1) is 0 Å². The maximum absolute atomic E-state index is 11.2. The van der Waals surface area contributed by atoms with Crippen molar-refractivity contribution < 1.29 is 14.3 Å². The van der Waals surface area contributed by atoms with Gasteiger partial charge >= 0.3 is 0 Å². The molecule has 0 atom stereocenters. The standard InChI is InChI=1S/C11H12O3/c1-7-4-9(8(2)13)10(6-12)11(5-7)14-3/h4-6H,1-3H3. The number of aryl methyl sites for hydroxylation is 1. The van der Waals surface area contributed by atoms with E-state index in [2.05, 4.69) is 0 Å². The average molecular weight is 192 g/mol. The van der Waals surface area contributed by atoms with Gasteiger partial charge in [0.1, 0.15) is 5.75 Å². The molecule has 0 heterocycles. The van der Waals surface area contributed by atoms with E-state index in [-0.39, 0.29) is 5.78 Å². The number of rotatable bonds is 3. The molecule has 0 N–H and O–H groups in total. The summed E-state index contributed by atoms with van der Waals surface area (Å²) in [7, 11) is 1.48. The molecule has 1 aromatic rings. The van der Waals surface area contributed by atoms with Gasteiger partial charge in [0.05, 0.1) is 12.7 Å². The Hall–Kier alpha value is -1.64. The molecule has 0 radical (unpaired) electrons. The Morgan fingerprint density at radius 2 is 2.07 bits per heavy atom. The van der Waals surface area contributed by atoms with Gasteiger partial charge in [-0.1, -0.05) is 0 Å². The molecule has 0 saturated heterocycles. The maximum Gasteiger partial charge on any atom is 0.160 e. The smallest absolute Gasteiger partial charge is 0.160 e. The summed E-state index contributed by atoms with van der Waals surface area (Å²) < 4.78 is 5.02. The summed E-state index contributed by atoms with van der Waals surface area (Å²) in [6.45, 7) is 3.28. The first-order valence-electron chi connectivity index (χ1n) is 4.25. The molecule has 1 aromatic carbocycles. The molecule has 3 heteroatoms. The number of carbonyl (C=O) groups excluding carboxylic acids is 2. The minimum absolute atomic E-state index is 0.130. The largest absolute Gasteiger partial charge is 0.496 e. The van der Waals surface area contributed by atoms with Crippen LogP contribution in [-0.2, 0) is 0 Å². The number of aldehydes is 1. The van der Waals surface area contributed by atoms with Gasteiger partial charge in [0.25, 0.3) is 0 Å². The molecule has 3 nitrogen and oxygen atoms in total. The molecule has 0 amide bonds. The second kappa shape index (κ2) is 4.05. The van der Waals surface area contributed by atoms with Gasteiger partial charge in [-0.25, -0.2) is 0 Å². The molecular formula is C11H12O3. The Morgan fingerprint density at radius 1 is 1.43 bits per heavy atom. The van der Waals surface area contributed by atoms with Crippen LogP contribution in [0.1, 0.15) is 33.2 Å². The second-order valence-corrected chi connectivity index (χ2v) is 3.10. The van der Waals surface area contributed by atoms with Gasteiger partial charge in [0.2, 0.25) is 0 Å². The predicted molar refractivity (Wildman–Crippen MR) is 53.1 cm³/mol. The number of hydrogen-bond donors (Lipinski definition) is 0. The highest BCUT2D eigenvalue weighted by atomic mass is 16.5. The Morgan fingerprint density at radius 3 is 2.50 bits per heavy atom.